The van der Waals surface area contributed by atoms with Crippen LogP contribution >= 0.6 is 24.8 Å². The molecule has 0 aromatic heterocycles. The van der Waals surface area contributed by atoms with E-state index in [1.54, 1.807) is 0 Å². The van der Waals surface area contributed by atoms with Crippen LogP contribution in [0.2, 0.25) is 0 Å². The van der Waals surface area contributed by atoms with Crippen molar-refractivity contribution in [2.45, 2.75) is 26.8 Å². The lowest BCUT2D eigenvalue weighted by atomic mass is 10.0. The maximum Gasteiger partial charge on any atom is 0.0321 e. The third-order valence-corrected chi connectivity index (χ3v) is 3.43. The Kier molecular flexibility index (Phi) is 7.88. The second kappa shape index (κ2) is 8.00. The second-order valence-electron chi connectivity index (χ2n) is 4.88. The van der Waals surface area contributed by atoms with Gasteiger partial charge in [0.15, 0.2) is 0 Å². The average molecular weight is 291 g/mol. The number of halogens is 2. The quantitative estimate of drug-likeness (QED) is 0.900. The van der Waals surface area contributed by atoms with Gasteiger partial charge in [0, 0.05) is 32.2 Å². The van der Waals surface area contributed by atoms with E-state index in [-0.39, 0.29) is 24.8 Å². The van der Waals surface area contributed by atoms with Gasteiger partial charge in [-0.25, -0.2) is 0 Å². The Morgan fingerprint density at radius 3 is 2.00 bits per heavy atom. The summed E-state index contributed by atoms with van der Waals surface area (Å²) < 4.78 is 0. The lowest BCUT2D eigenvalue weighted by Crippen LogP contribution is -2.44. The summed E-state index contributed by atoms with van der Waals surface area (Å²) in [6.45, 7) is 11.2. The summed E-state index contributed by atoms with van der Waals surface area (Å²) in [7, 11) is 0. The molecule has 1 atom stereocenters. The van der Waals surface area contributed by atoms with Gasteiger partial charge in [-0.15, -0.1) is 24.8 Å². The van der Waals surface area contributed by atoms with Crippen LogP contribution < -0.4 is 5.32 Å². The van der Waals surface area contributed by atoms with Crippen molar-refractivity contribution >= 4 is 24.8 Å². The molecule has 1 aliphatic rings. The lowest BCUT2D eigenvalue weighted by molar-refractivity contribution is 0.185. The van der Waals surface area contributed by atoms with E-state index >= 15 is 0 Å². The summed E-state index contributed by atoms with van der Waals surface area (Å²) >= 11 is 0. The normalized spacial score (nSPS) is 17.5. The van der Waals surface area contributed by atoms with Crippen LogP contribution in [0.25, 0.3) is 0 Å². The van der Waals surface area contributed by atoms with Crippen LogP contribution in [0.3, 0.4) is 0 Å². The van der Waals surface area contributed by atoms with Gasteiger partial charge in [-0.1, -0.05) is 29.3 Å². The van der Waals surface area contributed by atoms with Crippen LogP contribution in [-0.4, -0.2) is 31.1 Å². The van der Waals surface area contributed by atoms with Crippen molar-refractivity contribution in [1.29, 1.82) is 0 Å². The van der Waals surface area contributed by atoms with Gasteiger partial charge in [0.05, 0.1) is 0 Å². The maximum absolute atomic E-state index is 3.40. The van der Waals surface area contributed by atoms with E-state index < -0.39 is 0 Å². The molecular formula is C14H24Cl2N2. The van der Waals surface area contributed by atoms with E-state index in [9.17, 15) is 0 Å². The van der Waals surface area contributed by atoms with Gasteiger partial charge in [-0.3, -0.25) is 4.90 Å². The first-order valence-electron chi connectivity index (χ1n) is 6.20. The molecule has 0 bridgehead atoms. The van der Waals surface area contributed by atoms with Gasteiger partial charge in [0.25, 0.3) is 0 Å². The minimum absolute atomic E-state index is 0. The summed E-state index contributed by atoms with van der Waals surface area (Å²) in [6.07, 6.45) is 0. The second-order valence-corrected chi connectivity index (χ2v) is 4.88. The van der Waals surface area contributed by atoms with Crippen molar-refractivity contribution in [2.75, 3.05) is 26.2 Å². The molecule has 1 aliphatic heterocycles. The van der Waals surface area contributed by atoms with Crippen LogP contribution in [-0.2, 0) is 0 Å². The zero-order chi connectivity index (χ0) is 11.5. The third kappa shape index (κ3) is 4.43. The highest BCUT2D eigenvalue weighted by Gasteiger charge is 2.17. The Labute approximate surface area is 123 Å². The highest BCUT2D eigenvalue weighted by molar-refractivity contribution is 5.85. The molecular weight excluding hydrogens is 267 g/mol. The van der Waals surface area contributed by atoms with E-state index in [2.05, 4.69) is 49.2 Å². The number of hydrogen-bond donors (Lipinski definition) is 1. The van der Waals surface area contributed by atoms with Gasteiger partial charge in [0.2, 0.25) is 0 Å². The number of rotatable bonds is 2. The monoisotopic (exact) mass is 290 g/mol. The van der Waals surface area contributed by atoms with Gasteiger partial charge < -0.3 is 5.32 Å². The molecule has 1 N–H and O–H groups in total. The molecule has 1 saturated heterocycles. The first kappa shape index (κ1) is 17.7. The third-order valence-electron chi connectivity index (χ3n) is 3.43. The van der Waals surface area contributed by atoms with Crippen LogP contribution in [0.4, 0.5) is 0 Å². The van der Waals surface area contributed by atoms with Crippen molar-refractivity contribution in [1.82, 2.24) is 10.2 Å². The summed E-state index contributed by atoms with van der Waals surface area (Å²) in [5.41, 5.74) is 4.20. The van der Waals surface area contributed by atoms with Gasteiger partial charge in [0.1, 0.15) is 0 Å². The lowest BCUT2D eigenvalue weighted by Gasteiger charge is -2.33. The summed E-state index contributed by atoms with van der Waals surface area (Å²) in [5.74, 6) is 0. The highest BCUT2D eigenvalue weighted by Crippen LogP contribution is 2.22. The van der Waals surface area contributed by atoms with Crippen LogP contribution in [0.15, 0.2) is 18.2 Å². The van der Waals surface area contributed by atoms with Crippen molar-refractivity contribution in [3.63, 3.8) is 0 Å². The average Bonchev–Trinajstić information content (AvgIpc) is 2.28. The molecule has 0 spiro atoms. The summed E-state index contributed by atoms with van der Waals surface area (Å²) in [6, 6.07) is 7.42. The molecule has 0 radical (unpaired) electrons. The van der Waals surface area contributed by atoms with Gasteiger partial charge in [-0.2, -0.15) is 0 Å². The molecule has 0 amide bonds. The van der Waals surface area contributed by atoms with E-state index in [0.717, 1.165) is 26.2 Å². The maximum atomic E-state index is 3.40. The summed E-state index contributed by atoms with van der Waals surface area (Å²) in [4.78, 5) is 2.56. The minimum Gasteiger partial charge on any atom is -0.314 e. The zero-order valence-corrected chi connectivity index (χ0v) is 13.0. The number of benzene rings is 1. The largest absolute Gasteiger partial charge is 0.314 e. The number of hydrogen-bond acceptors (Lipinski definition) is 2. The molecule has 2 nitrogen and oxygen atoms in total. The van der Waals surface area contributed by atoms with Crippen LogP contribution in [0.1, 0.15) is 29.7 Å². The Bertz CT molecular complexity index is 343. The van der Waals surface area contributed by atoms with Crippen molar-refractivity contribution < 1.29 is 0 Å². The Balaban J connectivity index is 0.00000144. The molecule has 4 heteroatoms. The van der Waals surface area contributed by atoms with Crippen molar-refractivity contribution in [2.24, 2.45) is 0 Å². The molecule has 1 aromatic rings. The van der Waals surface area contributed by atoms with Crippen molar-refractivity contribution in [3.05, 3.63) is 34.9 Å². The Morgan fingerprint density at radius 2 is 1.50 bits per heavy atom. The van der Waals surface area contributed by atoms with Crippen LogP contribution in [0, 0.1) is 13.8 Å². The topological polar surface area (TPSA) is 15.3 Å². The molecule has 1 heterocycles. The molecule has 0 unspecified atom stereocenters. The standard InChI is InChI=1S/C14H22N2.2ClH/c1-11-8-12(2)10-14(9-11)13(3)16-6-4-15-5-7-16;;/h8-10,13,15H,4-7H2,1-3H3;2*1H/t13-;;/m0../s1. The molecule has 18 heavy (non-hydrogen) atoms. The molecule has 0 saturated carbocycles. The zero-order valence-electron chi connectivity index (χ0n) is 11.4. The number of nitrogens with zero attached hydrogens (tertiary/aromatic N) is 1. The first-order chi connectivity index (χ1) is 7.66. The predicted octanol–water partition coefficient (Wildman–Crippen LogP) is 3.11. The van der Waals surface area contributed by atoms with Crippen LogP contribution in [0.5, 0.6) is 0 Å². The van der Waals surface area contributed by atoms with E-state index in [1.807, 2.05) is 0 Å². The first-order valence-corrected chi connectivity index (χ1v) is 6.20. The van der Waals surface area contributed by atoms with Crippen molar-refractivity contribution in [3.8, 4) is 0 Å². The van der Waals surface area contributed by atoms with E-state index in [0.29, 0.717) is 6.04 Å². The number of piperazine rings is 1. The van der Waals surface area contributed by atoms with Gasteiger partial charge in [-0.05, 0) is 26.3 Å². The summed E-state index contributed by atoms with van der Waals surface area (Å²) in [5, 5.41) is 3.40. The fourth-order valence-electron chi connectivity index (χ4n) is 2.53. The fourth-order valence-corrected chi connectivity index (χ4v) is 2.53. The Hall–Kier alpha value is -0.280. The van der Waals surface area contributed by atoms with Gasteiger partial charge >= 0.3 is 0 Å². The fraction of sp³-hybridized carbons (Fsp3) is 0.571. The Morgan fingerprint density at radius 1 is 1.00 bits per heavy atom. The highest BCUT2D eigenvalue weighted by atomic mass is 35.5. The number of aryl methyl sites for hydroxylation is 2. The van der Waals surface area contributed by atoms with E-state index in [4.69, 9.17) is 0 Å². The number of nitrogens with one attached hydrogen (secondary N) is 1. The molecule has 104 valence electrons. The van der Waals surface area contributed by atoms with E-state index in [1.165, 1.54) is 16.7 Å². The molecule has 2 rings (SSSR count). The molecule has 1 aromatic carbocycles. The molecule has 0 aliphatic carbocycles. The smallest absolute Gasteiger partial charge is 0.0321 e. The molecule has 1 fully saturated rings. The minimum atomic E-state index is 0. The predicted molar refractivity (Wildman–Crippen MR) is 83.3 cm³/mol. The SMILES string of the molecule is Cc1cc(C)cc([C@H](C)N2CCNCC2)c1.Cl.Cl.